The molecular weight excluding hydrogens is 461 g/mol. The number of nitrogens with zero attached hydrogens (tertiary/aromatic N) is 1. The van der Waals surface area contributed by atoms with Crippen LogP contribution in [0, 0.1) is 13.8 Å². The largest absolute Gasteiger partial charge is 0.454 e. The van der Waals surface area contributed by atoms with Crippen molar-refractivity contribution in [3.63, 3.8) is 0 Å². The highest BCUT2D eigenvalue weighted by Gasteiger charge is 2.30. The van der Waals surface area contributed by atoms with Crippen molar-refractivity contribution in [2.75, 3.05) is 6.61 Å². The van der Waals surface area contributed by atoms with Crippen LogP contribution in [0.2, 0.25) is 0 Å². The van der Waals surface area contributed by atoms with Gasteiger partial charge in [0.2, 0.25) is 15.8 Å². The normalized spacial score (nSPS) is 11.9. The molecule has 174 valence electrons. The first kappa shape index (κ1) is 24.2. The number of carbonyl (C=O) groups is 2. The molecule has 0 unspecified atom stereocenters. The van der Waals surface area contributed by atoms with Crippen molar-refractivity contribution >= 4 is 21.8 Å². The first-order chi connectivity index (χ1) is 15.3. The molecule has 0 aliphatic rings. The van der Waals surface area contributed by atoms with Gasteiger partial charge in [-0.15, -0.1) is 0 Å². The summed E-state index contributed by atoms with van der Waals surface area (Å²) in [7, 11) is -3.85. The van der Waals surface area contributed by atoms with Crippen molar-refractivity contribution < 1.29 is 35.9 Å². The Morgan fingerprint density at radius 3 is 2.09 bits per heavy atom. The van der Waals surface area contributed by atoms with Crippen molar-refractivity contribution in [1.82, 2.24) is 4.57 Å². The molecule has 3 rings (SSSR count). The number of ether oxygens (including phenoxy) is 1. The fourth-order valence-electron chi connectivity index (χ4n) is 3.31. The average molecular weight is 480 g/mol. The maximum atomic E-state index is 12.6. The number of carbonyl (C=O) groups excluding carboxylic acids is 2. The van der Waals surface area contributed by atoms with E-state index in [-0.39, 0.29) is 16.0 Å². The molecule has 3 aromatic rings. The van der Waals surface area contributed by atoms with Gasteiger partial charge in [-0.2, -0.15) is 13.2 Å². The smallest absolute Gasteiger partial charge is 0.416 e. The summed E-state index contributed by atoms with van der Waals surface area (Å²) in [6.45, 7) is 2.81. The van der Waals surface area contributed by atoms with Crippen LogP contribution in [0.25, 0.3) is 5.69 Å². The zero-order chi connectivity index (χ0) is 24.6. The zero-order valence-electron chi connectivity index (χ0n) is 17.5. The highest BCUT2D eigenvalue weighted by Crippen LogP contribution is 2.29. The van der Waals surface area contributed by atoms with E-state index in [1.165, 1.54) is 12.1 Å². The molecule has 0 amide bonds. The van der Waals surface area contributed by atoms with Gasteiger partial charge in [0.25, 0.3) is 0 Å². The summed E-state index contributed by atoms with van der Waals surface area (Å²) in [6, 6.07) is 10.8. The number of esters is 1. The maximum Gasteiger partial charge on any atom is 0.416 e. The van der Waals surface area contributed by atoms with Crippen LogP contribution >= 0.6 is 0 Å². The van der Waals surface area contributed by atoms with Crippen molar-refractivity contribution in [2.24, 2.45) is 5.14 Å². The number of sulfonamides is 1. The minimum Gasteiger partial charge on any atom is -0.454 e. The summed E-state index contributed by atoms with van der Waals surface area (Å²) in [5, 5.41) is 5.10. The number of rotatable bonds is 6. The Labute approximate surface area is 187 Å². The molecular formula is C22H19F3N2O5S. The molecule has 0 fully saturated rings. The highest BCUT2D eigenvalue weighted by atomic mass is 32.2. The summed E-state index contributed by atoms with van der Waals surface area (Å²) in [6.07, 6.45) is -4.53. The third kappa shape index (κ3) is 5.32. The highest BCUT2D eigenvalue weighted by molar-refractivity contribution is 7.89. The van der Waals surface area contributed by atoms with Gasteiger partial charge in [-0.3, -0.25) is 4.79 Å². The van der Waals surface area contributed by atoms with Crippen LogP contribution in [-0.4, -0.2) is 31.3 Å². The lowest BCUT2D eigenvalue weighted by Gasteiger charge is -2.11. The van der Waals surface area contributed by atoms with E-state index in [0.717, 1.165) is 24.3 Å². The van der Waals surface area contributed by atoms with Gasteiger partial charge in [0, 0.05) is 22.6 Å². The Morgan fingerprint density at radius 1 is 1.00 bits per heavy atom. The number of benzene rings is 2. The molecule has 2 N–H and O–H groups in total. The first-order valence-corrected chi connectivity index (χ1v) is 11.0. The van der Waals surface area contributed by atoms with Crippen LogP contribution in [0.15, 0.2) is 59.5 Å². The van der Waals surface area contributed by atoms with E-state index in [9.17, 15) is 31.2 Å². The number of halogens is 3. The molecule has 0 saturated carbocycles. The van der Waals surface area contributed by atoms with Gasteiger partial charge in [-0.1, -0.05) is 0 Å². The predicted octanol–water partition coefficient (Wildman–Crippen LogP) is 3.80. The SMILES string of the molecule is Cc1cc(C(=O)COC(=O)c2ccc(C(F)(F)F)cc2)c(C)n1-c1ccc(S(N)(=O)=O)cc1. The molecule has 0 aliphatic carbocycles. The number of Topliss-reactive ketones (excluding diaryl/α,β-unsaturated/α-hetero) is 1. The fourth-order valence-corrected chi connectivity index (χ4v) is 3.83. The van der Waals surface area contributed by atoms with Crippen molar-refractivity contribution in [3.05, 3.63) is 82.7 Å². The molecule has 33 heavy (non-hydrogen) atoms. The summed E-state index contributed by atoms with van der Waals surface area (Å²) in [4.78, 5) is 24.7. The summed E-state index contributed by atoms with van der Waals surface area (Å²) < 4.78 is 67.5. The zero-order valence-corrected chi connectivity index (χ0v) is 18.3. The van der Waals surface area contributed by atoms with Crippen LogP contribution in [0.1, 0.15) is 37.7 Å². The standard InChI is InChI=1S/C22H19F3N2O5S/c1-13-11-19(14(2)27(13)17-7-9-18(10-8-17)33(26,30)31)20(28)12-32-21(29)15-3-5-16(6-4-15)22(23,24)25/h3-11H,12H2,1-2H3,(H2,26,30,31). The third-order valence-corrected chi connectivity index (χ3v) is 5.87. The number of ketones is 1. The summed E-state index contributed by atoms with van der Waals surface area (Å²) in [5.74, 6) is -1.43. The molecule has 0 radical (unpaired) electrons. The Hall–Kier alpha value is -3.44. The van der Waals surface area contributed by atoms with Crippen LogP contribution in [0.5, 0.6) is 0 Å². The minimum atomic E-state index is -4.53. The summed E-state index contributed by atoms with van der Waals surface area (Å²) in [5.41, 5.74) is 1.07. The van der Waals surface area contributed by atoms with E-state index in [0.29, 0.717) is 17.1 Å². The van der Waals surface area contributed by atoms with Gasteiger partial charge < -0.3 is 9.30 Å². The second-order valence-corrected chi connectivity index (χ2v) is 8.79. The van der Waals surface area contributed by atoms with Crippen LogP contribution < -0.4 is 5.14 Å². The number of primary sulfonamides is 1. The Balaban J connectivity index is 1.74. The molecule has 1 heterocycles. The summed E-state index contributed by atoms with van der Waals surface area (Å²) >= 11 is 0. The molecule has 0 aliphatic heterocycles. The van der Waals surface area contributed by atoms with E-state index in [1.54, 1.807) is 36.6 Å². The number of aromatic nitrogens is 1. The second-order valence-electron chi connectivity index (χ2n) is 7.23. The van der Waals surface area contributed by atoms with Crippen LogP contribution in [-0.2, 0) is 20.9 Å². The quantitative estimate of drug-likeness (QED) is 0.427. The van der Waals surface area contributed by atoms with Gasteiger partial charge in [-0.05, 0) is 68.4 Å². The Kier molecular flexibility index (Phi) is 6.48. The van der Waals surface area contributed by atoms with Crippen LogP contribution in [0.4, 0.5) is 13.2 Å². The first-order valence-electron chi connectivity index (χ1n) is 9.49. The molecule has 1 aromatic heterocycles. The number of aryl methyl sites for hydroxylation is 1. The fraction of sp³-hybridized carbons (Fsp3) is 0.182. The molecule has 0 saturated heterocycles. The maximum absolute atomic E-state index is 12.6. The second kappa shape index (κ2) is 8.83. The van der Waals surface area contributed by atoms with Gasteiger partial charge >= 0.3 is 12.1 Å². The lowest BCUT2D eigenvalue weighted by Crippen LogP contribution is -2.15. The molecule has 0 atom stereocenters. The average Bonchev–Trinajstić information content (AvgIpc) is 3.04. The number of hydrogen-bond acceptors (Lipinski definition) is 5. The van der Waals surface area contributed by atoms with E-state index in [2.05, 4.69) is 0 Å². The lowest BCUT2D eigenvalue weighted by atomic mass is 10.1. The monoisotopic (exact) mass is 480 g/mol. The minimum absolute atomic E-state index is 0.0554. The predicted molar refractivity (Wildman–Crippen MR) is 113 cm³/mol. The van der Waals surface area contributed by atoms with Gasteiger partial charge in [0.1, 0.15) is 0 Å². The van der Waals surface area contributed by atoms with Gasteiger partial charge in [-0.25, -0.2) is 18.4 Å². The number of hydrogen-bond donors (Lipinski definition) is 1. The molecule has 11 heteroatoms. The van der Waals surface area contributed by atoms with E-state index >= 15 is 0 Å². The number of alkyl halides is 3. The van der Waals surface area contributed by atoms with Gasteiger partial charge in [0.15, 0.2) is 6.61 Å². The third-order valence-electron chi connectivity index (χ3n) is 4.94. The topological polar surface area (TPSA) is 108 Å². The van der Waals surface area contributed by atoms with E-state index < -0.39 is 40.1 Å². The van der Waals surface area contributed by atoms with Crippen LogP contribution in [0.3, 0.4) is 0 Å². The molecule has 2 aromatic carbocycles. The molecule has 7 nitrogen and oxygen atoms in total. The number of nitrogens with two attached hydrogens (primary N) is 1. The van der Waals surface area contributed by atoms with Gasteiger partial charge in [0.05, 0.1) is 16.0 Å². The van der Waals surface area contributed by atoms with E-state index in [4.69, 9.17) is 9.88 Å². The van der Waals surface area contributed by atoms with Crippen molar-refractivity contribution in [1.29, 1.82) is 0 Å². The van der Waals surface area contributed by atoms with Crippen molar-refractivity contribution in [2.45, 2.75) is 24.9 Å². The Morgan fingerprint density at radius 2 is 1.58 bits per heavy atom. The Bertz CT molecular complexity index is 1310. The van der Waals surface area contributed by atoms with Crippen molar-refractivity contribution in [3.8, 4) is 5.69 Å². The molecule has 0 bridgehead atoms. The molecule has 0 spiro atoms. The van der Waals surface area contributed by atoms with E-state index in [1.807, 2.05) is 0 Å². The lowest BCUT2D eigenvalue weighted by molar-refractivity contribution is -0.137.